The number of hydrogen-bond donors (Lipinski definition) is 2. The molecule has 0 aromatic carbocycles. The van der Waals surface area contributed by atoms with Crippen LogP contribution < -0.4 is 11.1 Å². The van der Waals surface area contributed by atoms with Crippen molar-refractivity contribution in [2.24, 2.45) is 5.73 Å². The summed E-state index contributed by atoms with van der Waals surface area (Å²) in [6.45, 7) is 3.08. The molecule has 0 spiro atoms. The van der Waals surface area contributed by atoms with Gasteiger partial charge in [0, 0.05) is 31.7 Å². The third-order valence-electron chi connectivity index (χ3n) is 2.79. The second-order valence-electron chi connectivity index (χ2n) is 4.27. The Morgan fingerprint density at radius 3 is 3.11 bits per heavy atom. The molecule has 6 heteroatoms. The molecule has 0 aliphatic heterocycles. The number of imidazole rings is 1. The molecule has 0 bridgehead atoms. The quantitative estimate of drug-likeness (QED) is 0.828. The molecule has 2 aromatic heterocycles. The van der Waals surface area contributed by atoms with Crippen LogP contribution in [0.15, 0.2) is 37.1 Å². The van der Waals surface area contributed by atoms with Crippen LogP contribution in [-0.4, -0.2) is 27.0 Å². The average Bonchev–Trinajstić information content (AvgIpc) is 2.89. The molecule has 19 heavy (non-hydrogen) atoms. The van der Waals surface area contributed by atoms with E-state index in [0.717, 1.165) is 5.56 Å². The Labute approximate surface area is 111 Å². The van der Waals surface area contributed by atoms with E-state index in [9.17, 15) is 4.79 Å². The van der Waals surface area contributed by atoms with Crippen molar-refractivity contribution < 1.29 is 4.79 Å². The first-order chi connectivity index (χ1) is 9.20. The molecule has 6 nitrogen and oxygen atoms in total. The molecule has 2 aromatic rings. The van der Waals surface area contributed by atoms with Crippen molar-refractivity contribution in [2.45, 2.75) is 19.5 Å². The molecule has 1 amide bonds. The van der Waals surface area contributed by atoms with Gasteiger partial charge in [-0.25, -0.2) is 4.98 Å². The van der Waals surface area contributed by atoms with Crippen LogP contribution >= 0.6 is 0 Å². The minimum atomic E-state index is -0.202. The van der Waals surface area contributed by atoms with E-state index in [-0.39, 0.29) is 11.9 Å². The topological polar surface area (TPSA) is 85.8 Å². The number of nitrogens with zero attached hydrogens (tertiary/aromatic N) is 3. The van der Waals surface area contributed by atoms with Gasteiger partial charge in [-0.3, -0.25) is 9.78 Å². The standard InChI is InChI=1S/C13H17N5O/c1-10(11-3-2-5-15-7-11)17-13(19)12-8-18(6-4-14)9-16-12/h2-3,5,7-10H,4,6,14H2,1H3,(H,17,19)/t10-/m0/s1. The Bertz CT molecular complexity index is 537. The van der Waals surface area contributed by atoms with Crippen LogP contribution in [-0.2, 0) is 6.54 Å². The number of pyridine rings is 1. The minimum absolute atomic E-state index is 0.110. The van der Waals surface area contributed by atoms with Gasteiger partial charge >= 0.3 is 0 Å². The van der Waals surface area contributed by atoms with E-state index in [0.29, 0.717) is 18.8 Å². The number of carbonyl (C=O) groups excluding carboxylic acids is 1. The van der Waals surface area contributed by atoms with Gasteiger partial charge in [-0.05, 0) is 18.6 Å². The zero-order chi connectivity index (χ0) is 13.7. The predicted molar refractivity (Wildman–Crippen MR) is 71.4 cm³/mol. The van der Waals surface area contributed by atoms with Crippen LogP contribution in [0.2, 0.25) is 0 Å². The Morgan fingerprint density at radius 1 is 1.58 bits per heavy atom. The number of carbonyl (C=O) groups is 1. The van der Waals surface area contributed by atoms with Crippen LogP contribution in [0.1, 0.15) is 29.0 Å². The molecule has 0 unspecified atom stereocenters. The number of aromatic nitrogens is 3. The zero-order valence-corrected chi connectivity index (χ0v) is 10.8. The lowest BCUT2D eigenvalue weighted by molar-refractivity contribution is 0.0935. The molecule has 3 N–H and O–H groups in total. The molecule has 0 fully saturated rings. The third-order valence-corrected chi connectivity index (χ3v) is 2.79. The summed E-state index contributed by atoms with van der Waals surface area (Å²) in [6, 6.07) is 3.65. The highest BCUT2D eigenvalue weighted by Gasteiger charge is 2.13. The summed E-state index contributed by atoms with van der Waals surface area (Å²) < 4.78 is 1.80. The molecule has 2 rings (SSSR count). The fraction of sp³-hybridized carbons (Fsp3) is 0.308. The maximum atomic E-state index is 12.0. The molecule has 100 valence electrons. The van der Waals surface area contributed by atoms with Crippen LogP contribution in [0, 0.1) is 0 Å². The molecule has 0 aliphatic rings. The van der Waals surface area contributed by atoms with E-state index in [1.54, 1.807) is 29.5 Å². The number of rotatable bonds is 5. The van der Waals surface area contributed by atoms with Crippen molar-refractivity contribution in [1.29, 1.82) is 0 Å². The zero-order valence-electron chi connectivity index (χ0n) is 10.8. The summed E-state index contributed by atoms with van der Waals surface area (Å²) in [5.74, 6) is -0.202. The summed E-state index contributed by atoms with van der Waals surface area (Å²) in [5, 5.41) is 2.88. The Kier molecular flexibility index (Phi) is 4.25. The highest BCUT2D eigenvalue weighted by atomic mass is 16.1. The van der Waals surface area contributed by atoms with E-state index in [1.807, 2.05) is 19.1 Å². The van der Waals surface area contributed by atoms with E-state index in [4.69, 9.17) is 5.73 Å². The summed E-state index contributed by atoms with van der Waals surface area (Å²) in [4.78, 5) is 20.1. The maximum absolute atomic E-state index is 12.0. The lowest BCUT2D eigenvalue weighted by Gasteiger charge is -2.12. The fourth-order valence-electron chi connectivity index (χ4n) is 1.73. The van der Waals surface area contributed by atoms with Crippen LogP contribution in [0.25, 0.3) is 0 Å². The van der Waals surface area contributed by atoms with E-state index >= 15 is 0 Å². The first-order valence-corrected chi connectivity index (χ1v) is 6.13. The van der Waals surface area contributed by atoms with Crippen molar-refractivity contribution in [3.8, 4) is 0 Å². The van der Waals surface area contributed by atoms with Crippen molar-refractivity contribution in [3.63, 3.8) is 0 Å². The predicted octanol–water partition coefficient (Wildman–Crippen LogP) is 0.728. The van der Waals surface area contributed by atoms with Crippen molar-refractivity contribution in [1.82, 2.24) is 19.9 Å². The van der Waals surface area contributed by atoms with Gasteiger partial charge in [-0.15, -0.1) is 0 Å². The van der Waals surface area contributed by atoms with E-state index in [2.05, 4.69) is 15.3 Å². The highest BCUT2D eigenvalue weighted by Crippen LogP contribution is 2.10. The van der Waals surface area contributed by atoms with Crippen molar-refractivity contribution in [2.75, 3.05) is 6.54 Å². The van der Waals surface area contributed by atoms with Gasteiger partial charge in [0.2, 0.25) is 0 Å². The van der Waals surface area contributed by atoms with Crippen LogP contribution in [0.4, 0.5) is 0 Å². The molecule has 0 aliphatic carbocycles. The molecule has 2 heterocycles. The third kappa shape index (κ3) is 3.38. The van der Waals surface area contributed by atoms with Crippen LogP contribution in [0.3, 0.4) is 0 Å². The Balaban J connectivity index is 2.00. The lowest BCUT2D eigenvalue weighted by Crippen LogP contribution is -2.27. The molecular formula is C13H17N5O. The van der Waals surface area contributed by atoms with Crippen molar-refractivity contribution >= 4 is 5.91 Å². The number of nitrogens with one attached hydrogen (secondary N) is 1. The maximum Gasteiger partial charge on any atom is 0.271 e. The molecule has 1 atom stereocenters. The number of hydrogen-bond acceptors (Lipinski definition) is 4. The van der Waals surface area contributed by atoms with Gasteiger partial charge in [0.1, 0.15) is 5.69 Å². The average molecular weight is 259 g/mol. The Morgan fingerprint density at radius 2 is 2.42 bits per heavy atom. The smallest absolute Gasteiger partial charge is 0.271 e. The summed E-state index contributed by atoms with van der Waals surface area (Å²) in [5.41, 5.74) is 6.80. The second kappa shape index (κ2) is 6.10. The molecule has 0 saturated carbocycles. The summed E-state index contributed by atoms with van der Waals surface area (Å²) in [7, 11) is 0. The van der Waals surface area contributed by atoms with Gasteiger partial charge in [0.15, 0.2) is 0 Å². The monoisotopic (exact) mass is 259 g/mol. The second-order valence-corrected chi connectivity index (χ2v) is 4.27. The lowest BCUT2D eigenvalue weighted by atomic mass is 10.1. The minimum Gasteiger partial charge on any atom is -0.344 e. The number of nitrogens with two attached hydrogens (primary N) is 1. The largest absolute Gasteiger partial charge is 0.344 e. The van der Waals surface area contributed by atoms with Gasteiger partial charge in [0.05, 0.1) is 12.4 Å². The Hall–Kier alpha value is -2.21. The van der Waals surface area contributed by atoms with Gasteiger partial charge < -0.3 is 15.6 Å². The normalized spacial score (nSPS) is 12.1. The first-order valence-electron chi connectivity index (χ1n) is 6.13. The summed E-state index contributed by atoms with van der Waals surface area (Å²) >= 11 is 0. The molecular weight excluding hydrogens is 242 g/mol. The summed E-state index contributed by atoms with van der Waals surface area (Å²) in [6.07, 6.45) is 6.74. The number of amides is 1. The fourth-order valence-corrected chi connectivity index (χ4v) is 1.73. The van der Waals surface area contributed by atoms with Gasteiger partial charge in [0.25, 0.3) is 5.91 Å². The van der Waals surface area contributed by atoms with E-state index in [1.165, 1.54) is 0 Å². The molecule has 0 radical (unpaired) electrons. The van der Waals surface area contributed by atoms with Crippen molar-refractivity contribution in [3.05, 3.63) is 48.3 Å². The first kappa shape index (κ1) is 13.2. The SMILES string of the molecule is C[C@H](NC(=O)c1cn(CCN)cn1)c1cccnc1. The van der Waals surface area contributed by atoms with E-state index < -0.39 is 0 Å². The molecule has 0 saturated heterocycles. The van der Waals surface area contributed by atoms with Gasteiger partial charge in [-0.1, -0.05) is 6.07 Å². The highest BCUT2D eigenvalue weighted by molar-refractivity contribution is 5.92. The van der Waals surface area contributed by atoms with Crippen LogP contribution in [0.5, 0.6) is 0 Å². The van der Waals surface area contributed by atoms with Gasteiger partial charge in [-0.2, -0.15) is 0 Å².